The standard InChI is InChI=1S/C51H31N3O/c1-2-14-32(15-3-1)34-18-12-19-36(30-34)49-52-50(44-26-13-25-43-41-24-10-11-27-46(41)55-48(43)44)54-51(53-49)47-38-21-7-4-16-33(38)28-29-42(47)45-31-35-17-5-6-20-37(35)39-22-8-9-23-40(39)45/h1-31H. The van der Waals surface area contributed by atoms with Crippen molar-refractivity contribution in [3.05, 3.63) is 188 Å². The minimum Gasteiger partial charge on any atom is -0.455 e. The fourth-order valence-corrected chi connectivity index (χ4v) is 8.14. The van der Waals surface area contributed by atoms with Crippen molar-refractivity contribution in [2.45, 2.75) is 0 Å². The Hall–Kier alpha value is -7.43. The second kappa shape index (κ2) is 12.6. The fourth-order valence-electron chi connectivity index (χ4n) is 8.14. The summed E-state index contributed by atoms with van der Waals surface area (Å²) in [5.74, 6) is 1.74. The van der Waals surface area contributed by atoms with Gasteiger partial charge in [-0.3, -0.25) is 0 Å². The zero-order valence-corrected chi connectivity index (χ0v) is 29.6. The molecule has 55 heavy (non-hydrogen) atoms. The zero-order valence-electron chi connectivity index (χ0n) is 29.6. The fraction of sp³-hybridized carbons (Fsp3) is 0. The number of rotatable bonds is 5. The van der Waals surface area contributed by atoms with Crippen molar-refractivity contribution in [1.82, 2.24) is 15.0 Å². The summed E-state index contributed by atoms with van der Waals surface area (Å²) in [5, 5.41) is 9.06. The molecule has 4 nitrogen and oxygen atoms in total. The molecule has 0 aliphatic rings. The molecule has 0 bridgehead atoms. The van der Waals surface area contributed by atoms with E-state index in [9.17, 15) is 0 Å². The van der Waals surface area contributed by atoms with Gasteiger partial charge in [0.05, 0.1) is 5.56 Å². The van der Waals surface area contributed by atoms with E-state index in [-0.39, 0.29) is 0 Å². The van der Waals surface area contributed by atoms with E-state index >= 15 is 0 Å². The lowest BCUT2D eigenvalue weighted by molar-refractivity contribution is 0.669. The molecule has 0 N–H and O–H groups in total. The average molecular weight is 702 g/mol. The van der Waals surface area contributed by atoms with Gasteiger partial charge in [-0.1, -0.05) is 164 Å². The largest absolute Gasteiger partial charge is 0.455 e. The van der Waals surface area contributed by atoms with E-state index in [1.54, 1.807) is 0 Å². The number of fused-ring (bicyclic) bond motifs is 7. The number of aromatic nitrogens is 3. The van der Waals surface area contributed by atoms with E-state index in [0.717, 1.165) is 71.7 Å². The van der Waals surface area contributed by atoms with Gasteiger partial charge in [0.1, 0.15) is 11.2 Å². The van der Waals surface area contributed by atoms with Crippen LogP contribution in [0, 0.1) is 0 Å². The van der Waals surface area contributed by atoms with Crippen LogP contribution in [-0.2, 0) is 0 Å². The Morgan fingerprint density at radius 1 is 0.309 bits per heavy atom. The van der Waals surface area contributed by atoms with Crippen molar-refractivity contribution in [3.8, 4) is 56.4 Å². The quantitative estimate of drug-likeness (QED) is 0.168. The van der Waals surface area contributed by atoms with Crippen LogP contribution in [0.4, 0.5) is 0 Å². The highest BCUT2D eigenvalue weighted by Crippen LogP contribution is 2.43. The summed E-state index contributed by atoms with van der Waals surface area (Å²) in [5.41, 5.74) is 8.67. The second-order valence-corrected chi connectivity index (χ2v) is 13.9. The first kappa shape index (κ1) is 31.1. The molecule has 0 spiro atoms. The van der Waals surface area contributed by atoms with Gasteiger partial charge in [0.25, 0.3) is 0 Å². The Kier molecular flexibility index (Phi) is 7.14. The van der Waals surface area contributed by atoms with Gasteiger partial charge in [-0.15, -0.1) is 0 Å². The number of furan rings is 1. The predicted octanol–water partition coefficient (Wildman–Crippen LogP) is 13.6. The Labute approximate surface area is 317 Å². The van der Waals surface area contributed by atoms with Gasteiger partial charge in [-0.25, -0.2) is 15.0 Å². The van der Waals surface area contributed by atoms with E-state index in [0.29, 0.717) is 17.5 Å². The molecule has 0 saturated carbocycles. The molecule has 2 aromatic heterocycles. The summed E-state index contributed by atoms with van der Waals surface area (Å²) >= 11 is 0. The zero-order chi connectivity index (χ0) is 36.3. The molecule has 11 aromatic rings. The molecule has 0 unspecified atom stereocenters. The molecule has 0 amide bonds. The molecule has 0 atom stereocenters. The maximum absolute atomic E-state index is 6.56. The summed E-state index contributed by atoms with van der Waals surface area (Å²) in [7, 11) is 0. The first-order valence-electron chi connectivity index (χ1n) is 18.5. The molecule has 4 heteroatoms. The van der Waals surface area contributed by atoms with Gasteiger partial charge in [0.2, 0.25) is 0 Å². The van der Waals surface area contributed by atoms with Gasteiger partial charge < -0.3 is 4.42 Å². The van der Waals surface area contributed by atoms with Gasteiger partial charge in [-0.05, 0) is 78.8 Å². The molecule has 0 aliphatic carbocycles. The number of hydrogen-bond acceptors (Lipinski definition) is 4. The Balaban J connectivity index is 1.23. The lowest BCUT2D eigenvalue weighted by atomic mass is 9.88. The number of para-hydroxylation sites is 2. The smallest absolute Gasteiger partial charge is 0.167 e. The summed E-state index contributed by atoms with van der Waals surface area (Å²) in [6.45, 7) is 0. The third kappa shape index (κ3) is 5.19. The van der Waals surface area contributed by atoms with E-state index in [2.05, 4.69) is 164 Å². The van der Waals surface area contributed by atoms with Crippen LogP contribution in [0.3, 0.4) is 0 Å². The average Bonchev–Trinajstić information content (AvgIpc) is 3.65. The van der Waals surface area contributed by atoms with Crippen LogP contribution in [0.5, 0.6) is 0 Å². The number of hydrogen-bond donors (Lipinski definition) is 0. The Bertz CT molecular complexity index is 3270. The monoisotopic (exact) mass is 701 g/mol. The van der Waals surface area contributed by atoms with Crippen LogP contribution >= 0.6 is 0 Å². The van der Waals surface area contributed by atoms with Crippen LogP contribution in [-0.4, -0.2) is 15.0 Å². The summed E-state index contributed by atoms with van der Waals surface area (Å²) < 4.78 is 6.56. The van der Waals surface area contributed by atoms with E-state index in [4.69, 9.17) is 19.4 Å². The Morgan fingerprint density at radius 3 is 1.80 bits per heavy atom. The van der Waals surface area contributed by atoms with E-state index in [1.165, 1.54) is 21.5 Å². The highest BCUT2D eigenvalue weighted by Gasteiger charge is 2.22. The van der Waals surface area contributed by atoms with Crippen LogP contribution in [0.2, 0.25) is 0 Å². The molecular weight excluding hydrogens is 671 g/mol. The molecule has 11 rings (SSSR count). The lowest BCUT2D eigenvalue weighted by Crippen LogP contribution is -2.02. The first-order chi connectivity index (χ1) is 27.3. The maximum atomic E-state index is 6.56. The molecule has 0 fully saturated rings. The van der Waals surface area contributed by atoms with Gasteiger partial charge in [-0.2, -0.15) is 0 Å². The van der Waals surface area contributed by atoms with Crippen LogP contribution < -0.4 is 0 Å². The second-order valence-electron chi connectivity index (χ2n) is 13.9. The first-order valence-corrected chi connectivity index (χ1v) is 18.5. The van der Waals surface area contributed by atoms with Crippen LogP contribution in [0.1, 0.15) is 0 Å². The lowest BCUT2D eigenvalue weighted by Gasteiger charge is -2.17. The minimum absolute atomic E-state index is 0.553. The summed E-state index contributed by atoms with van der Waals surface area (Å²) in [6.07, 6.45) is 0. The normalized spacial score (nSPS) is 11.6. The van der Waals surface area contributed by atoms with Crippen molar-refractivity contribution >= 4 is 54.3 Å². The SMILES string of the molecule is c1ccc(-c2cccc(-c3nc(-c4c(-c5cc6ccccc6c6ccccc56)ccc5ccccc45)nc(-c4cccc5c4oc4ccccc45)n3)c2)cc1. The molecule has 256 valence electrons. The summed E-state index contributed by atoms with van der Waals surface area (Å²) in [6, 6.07) is 65.8. The third-order valence-electron chi connectivity index (χ3n) is 10.7. The molecule has 9 aromatic carbocycles. The van der Waals surface area contributed by atoms with E-state index < -0.39 is 0 Å². The molecule has 2 heterocycles. The number of nitrogens with zero attached hydrogens (tertiary/aromatic N) is 3. The predicted molar refractivity (Wildman–Crippen MR) is 227 cm³/mol. The van der Waals surface area contributed by atoms with Gasteiger partial charge in [0.15, 0.2) is 17.5 Å². The maximum Gasteiger partial charge on any atom is 0.167 e. The number of benzene rings is 9. The van der Waals surface area contributed by atoms with Crippen molar-refractivity contribution in [3.63, 3.8) is 0 Å². The van der Waals surface area contributed by atoms with Gasteiger partial charge in [0, 0.05) is 21.9 Å². The van der Waals surface area contributed by atoms with E-state index in [1.807, 2.05) is 24.3 Å². The minimum atomic E-state index is 0.553. The van der Waals surface area contributed by atoms with Crippen LogP contribution in [0.15, 0.2) is 192 Å². The molecule has 0 radical (unpaired) electrons. The highest BCUT2D eigenvalue weighted by molar-refractivity contribution is 6.16. The molecule has 0 saturated heterocycles. The topological polar surface area (TPSA) is 51.8 Å². The van der Waals surface area contributed by atoms with Crippen molar-refractivity contribution < 1.29 is 4.42 Å². The highest BCUT2D eigenvalue weighted by atomic mass is 16.3. The third-order valence-corrected chi connectivity index (χ3v) is 10.7. The van der Waals surface area contributed by atoms with Crippen molar-refractivity contribution in [2.24, 2.45) is 0 Å². The summed E-state index contributed by atoms with van der Waals surface area (Å²) in [4.78, 5) is 16.0. The van der Waals surface area contributed by atoms with Crippen molar-refractivity contribution in [1.29, 1.82) is 0 Å². The molecular formula is C51H31N3O. The van der Waals surface area contributed by atoms with Gasteiger partial charge >= 0.3 is 0 Å². The van der Waals surface area contributed by atoms with Crippen LogP contribution in [0.25, 0.3) is 111 Å². The Morgan fingerprint density at radius 2 is 0.927 bits per heavy atom. The molecule has 0 aliphatic heterocycles. The van der Waals surface area contributed by atoms with Crippen molar-refractivity contribution in [2.75, 3.05) is 0 Å².